The number of hydrogen-bond donors (Lipinski definition) is 0. The Balaban J connectivity index is 2.69. The van der Waals surface area contributed by atoms with Crippen LogP contribution in [-0.4, -0.2) is 0 Å². The summed E-state index contributed by atoms with van der Waals surface area (Å²) in [5, 5.41) is 0.165. The predicted molar refractivity (Wildman–Crippen MR) is 69.4 cm³/mol. The summed E-state index contributed by atoms with van der Waals surface area (Å²) < 4.78 is 1.17. The van der Waals surface area contributed by atoms with Crippen LogP contribution in [0.1, 0.15) is 41.8 Å². The number of halogens is 2. The molecule has 0 aromatic carbocycles. The average molecular weight is 296 g/mol. The molecule has 0 spiro atoms. The van der Waals surface area contributed by atoms with Crippen LogP contribution >= 0.6 is 38.9 Å². The molecule has 0 aliphatic rings. The first-order chi connectivity index (χ1) is 6.54. The zero-order chi connectivity index (χ0) is 10.7. The van der Waals surface area contributed by atoms with Crippen LogP contribution in [0.15, 0.2) is 10.5 Å². The summed E-state index contributed by atoms with van der Waals surface area (Å²) in [6.07, 6.45) is 2.27. The van der Waals surface area contributed by atoms with E-state index in [-0.39, 0.29) is 5.38 Å². The highest BCUT2D eigenvalue weighted by atomic mass is 79.9. The van der Waals surface area contributed by atoms with Gasteiger partial charge >= 0.3 is 0 Å². The molecule has 0 radical (unpaired) electrons. The van der Waals surface area contributed by atoms with E-state index < -0.39 is 0 Å². The summed E-state index contributed by atoms with van der Waals surface area (Å²) in [4.78, 5) is 2.60. The van der Waals surface area contributed by atoms with Crippen molar-refractivity contribution in [1.29, 1.82) is 0 Å². The van der Waals surface area contributed by atoms with Gasteiger partial charge in [-0.2, -0.15) is 0 Å². The molecule has 14 heavy (non-hydrogen) atoms. The summed E-state index contributed by atoms with van der Waals surface area (Å²) >= 11 is 11.7. The molecule has 2 atom stereocenters. The topological polar surface area (TPSA) is 0 Å². The zero-order valence-electron chi connectivity index (χ0n) is 8.81. The lowest BCUT2D eigenvalue weighted by Gasteiger charge is -2.13. The molecular formula is C11H16BrClS. The normalized spacial score (nSPS) is 15.5. The van der Waals surface area contributed by atoms with Gasteiger partial charge in [0.1, 0.15) is 0 Å². The van der Waals surface area contributed by atoms with E-state index in [1.165, 1.54) is 20.6 Å². The number of hydrogen-bond acceptors (Lipinski definition) is 1. The predicted octanol–water partition coefficient (Wildman–Crippen LogP) is 5.54. The SMILES string of the molecule is CCC(C)CC(Cl)c1sc(C)cc1Br. The Hall–Kier alpha value is 0.470. The average Bonchev–Trinajstić information content (AvgIpc) is 2.45. The van der Waals surface area contributed by atoms with Crippen LogP contribution in [0.25, 0.3) is 0 Å². The van der Waals surface area contributed by atoms with Crippen molar-refractivity contribution in [2.75, 3.05) is 0 Å². The Morgan fingerprint density at radius 2 is 2.21 bits per heavy atom. The van der Waals surface area contributed by atoms with Crippen LogP contribution < -0.4 is 0 Å². The minimum absolute atomic E-state index is 0.165. The first-order valence-electron chi connectivity index (χ1n) is 4.94. The molecule has 80 valence electrons. The van der Waals surface area contributed by atoms with Crippen LogP contribution in [0.2, 0.25) is 0 Å². The van der Waals surface area contributed by atoms with Gasteiger partial charge in [0, 0.05) is 14.2 Å². The molecule has 0 bridgehead atoms. The Kier molecular flexibility index (Phi) is 4.95. The molecule has 1 aromatic rings. The van der Waals surface area contributed by atoms with Crippen LogP contribution in [-0.2, 0) is 0 Å². The van der Waals surface area contributed by atoms with Crippen LogP contribution in [0.4, 0.5) is 0 Å². The van der Waals surface area contributed by atoms with Gasteiger partial charge in [0.05, 0.1) is 5.38 Å². The third kappa shape index (κ3) is 3.25. The second-order valence-electron chi connectivity index (χ2n) is 3.79. The van der Waals surface area contributed by atoms with Crippen molar-refractivity contribution in [3.8, 4) is 0 Å². The van der Waals surface area contributed by atoms with Gasteiger partial charge in [-0.15, -0.1) is 22.9 Å². The highest BCUT2D eigenvalue weighted by Crippen LogP contribution is 2.39. The van der Waals surface area contributed by atoms with Crippen molar-refractivity contribution >= 4 is 38.9 Å². The number of alkyl halides is 1. The fourth-order valence-corrected chi connectivity index (χ4v) is 3.95. The van der Waals surface area contributed by atoms with Crippen molar-refractivity contribution in [2.45, 2.75) is 39.0 Å². The van der Waals surface area contributed by atoms with Gasteiger partial charge in [0.15, 0.2) is 0 Å². The van der Waals surface area contributed by atoms with Crippen LogP contribution in [0.5, 0.6) is 0 Å². The van der Waals surface area contributed by atoms with Crippen molar-refractivity contribution in [2.24, 2.45) is 5.92 Å². The smallest absolute Gasteiger partial charge is 0.0692 e. The molecule has 1 heterocycles. The lowest BCUT2D eigenvalue weighted by Crippen LogP contribution is -1.97. The molecule has 0 aliphatic carbocycles. The molecular weight excluding hydrogens is 280 g/mol. The highest BCUT2D eigenvalue weighted by Gasteiger charge is 2.16. The van der Waals surface area contributed by atoms with E-state index >= 15 is 0 Å². The lowest BCUT2D eigenvalue weighted by atomic mass is 10.0. The highest BCUT2D eigenvalue weighted by molar-refractivity contribution is 9.10. The Bertz CT molecular complexity index is 295. The quantitative estimate of drug-likeness (QED) is 0.640. The van der Waals surface area contributed by atoms with Gasteiger partial charge in [0.2, 0.25) is 0 Å². The maximum absolute atomic E-state index is 6.38. The second kappa shape index (κ2) is 5.53. The summed E-state index contributed by atoms with van der Waals surface area (Å²) in [5.74, 6) is 0.701. The summed E-state index contributed by atoms with van der Waals surface area (Å²) in [5.41, 5.74) is 0. The van der Waals surface area contributed by atoms with Gasteiger partial charge in [-0.05, 0) is 41.3 Å². The fraction of sp³-hybridized carbons (Fsp3) is 0.636. The van der Waals surface area contributed by atoms with Crippen molar-refractivity contribution < 1.29 is 0 Å². The molecule has 0 saturated carbocycles. The second-order valence-corrected chi connectivity index (χ2v) is 6.45. The van der Waals surface area contributed by atoms with E-state index in [4.69, 9.17) is 11.6 Å². The maximum Gasteiger partial charge on any atom is 0.0692 e. The summed E-state index contributed by atoms with van der Waals surface area (Å²) in [7, 11) is 0. The van der Waals surface area contributed by atoms with Gasteiger partial charge in [0.25, 0.3) is 0 Å². The van der Waals surface area contributed by atoms with Gasteiger partial charge in [-0.3, -0.25) is 0 Å². The number of thiophene rings is 1. The molecule has 1 rings (SSSR count). The van der Waals surface area contributed by atoms with E-state index in [0.717, 1.165) is 6.42 Å². The van der Waals surface area contributed by atoms with E-state index in [9.17, 15) is 0 Å². The van der Waals surface area contributed by atoms with Gasteiger partial charge in [-0.25, -0.2) is 0 Å². The minimum Gasteiger partial charge on any atom is -0.143 e. The standard InChI is InChI=1S/C11H16BrClS/c1-4-7(2)5-10(13)11-9(12)6-8(3)14-11/h6-7,10H,4-5H2,1-3H3. The third-order valence-corrected chi connectivity index (χ3v) is 5.04. The van der Waals surface area contributed by atoms with E-state index in [0.29, 0.717) is 5.92 Å². The largest absolute Gasteiger partial charge is 0.143 e. The molecule has 2 unspecified atom stereocenters. The molecule has 0 saturated heterocycles. The lowest BCUT2D eigenvalue weighted by molar-refractivity contribution is 0.510. The summed E-state index contributed by atoms with van der Waals surface area (Å²) in [6, 6.07) is 2.14. The molecule has 3 heteroatoms. The molecule has 0 amide bonds. The molecule has 1 aromatic heterocycles. The molecule has 0 N–H and O–H groups in total. The molecule has 0 nitrogen and oxygen atoms in total. The third-order valence-electron chi connectivity index (χ3n) is 2.43. The monoisotopic (exact) mass is 294 g/mol. The van der Waals surface area contributed by atoms with Crippen molar-refractivity contribution in [1.82, 2.24) is 0 Å². The Labute approximate surface area is 104 Å². The maximum atomic E-state index is 6.38. The van der Waals surface area contributed by atoms with Gasteiger partial charge in [-0.1, -0.05) is 20.3 Å². The van der Waals surface area contributed by atoms with Crippen molar-refractivity contribution in [3.05, 3.63) is 20.3 Å². The number of aryl methyl sites for hydroxylation is 1. The fourth-order valence-electron chi connectivity index (χ4n) is 1.34. The first kappa shape index (κ1) is 12.5. The van der Waals surface area contributed by atoms with E-state index in [2.05, 4.69) is 42.8 Å². The minimum atomic E-state index is 0.165. The Morgan fingerprint density at radius 1 is 1.57 bits per heavy atom. The zero-order valence-corrected chi connectivity index (χ0v) is 12.0. The first-order valence-corrected chi connectivity index (χ1v) is 6.99. The number of rotatable bonds is 4. The van der Waals surface area contributed by atoms with E-state index in [1.807, 2.05) is 0 Å². The van der Waals surface area contributed by atoms with Crippen LogP contribution in [0, 0.1) is 12.8 Å². The Morgan fingerprint density at radius 3 is 2.64 bits per heavy atom. The van der Waals surface area contributed by atoms with E-state index in [1.54, 1.807) is 11.3 Å². The molecule has 0 fully saturated rings. The van der Waals surface area contributed by atoms with Crippen molar-refractivity contribution in [3.63, 3.8) is 0 Å². The summed E-state index contributed by atoms with van der Waals surface area (Å²) in [6.45, 7) is 6.58. The van der Waals surface area contributed by atoms with Crippen LogP contribution in [0.3, 0.4) is 0 Å². The molecule has 0 aliphatic heterocycles. The van der Waals surface area contributed by atoms with Gasteiger partial charge < -0.3 is 0 Å².